The summed E-state index contributed by atoms with van der Waals surface area (Å²) < 4.78 is 7.21. The SMILES string of the molecule is Cc1ccc(-c2nc3ccc(OC4CCNC4)cc3s2)cc1. The zero-order valence-electron chi connectivity index (χ0n) is 12.5. The van der Waals surface area contributed by atoms with E-state index in [0.717, 1.165) is 35.8 Å². The summed E-state index contributed by atoms with van der Waals surface area (Å²) in [5.41, 5.74) is 3.48. The van der Waals surface area contributed by atoms with Gasteiger partial charge in [-0.2, -0.15) is 0 Å². The molecule has 0 saturated carbocycles. The summed E-state index contributed by atoms with van der Waals surface area (Å²) in [6.07, 6.45) is 1.37. The van der Waals surface area contributed by atoms with E-state index >= 15 is 0 Å². The van der Waals surface area contributed by atoms with Gasteiger partial charge < -0.3 is 10.1 Å². The molecular weight excluding hydrogens is 292 g/mol. The average molecular weight is 310 g/mol. The van der Waals surface area contributed by atoms with Crippen molar-refractivity contribution in [2.75, 3.05) is 13.1 Å². The molecule has 1 atom stereocenters. The van der Waals surface area contributed by atoms with Gasteiger partial charge >= 0.3 is 0 Å². The third kappa shape index (κ3) is 2.72. The Morgan fingerprint density at radius 3 is 2.82 bits per heavy atom. The van der Waals surface area contributed by atoms with Crippen molar-refractivity contribution < 1.29 is 4.74 Å². The summed E-state index contributed by atoms with van der Waals surface area (Å²) in [6.45, 7) is 4.09. The summed E-state index contributed by atoms with van der Waals surface area (Å²) in [7, 11) is 0. The first-order valence-corrected chi connectivity index (χ1v) is 8.44. The van der Waals surface area contributed by atoms with Crippen LogP contribution in [0.15, 0.2) is 42.5 Å². The van der Waals surface area contributed by atoms with Crippen molar-refractivity contribution in [3.63, 3.8) is 0 Å². The highest BCUT2D eigenvalue weighted by atomic mass is 32.1. The number of benzene rings is 2. The van der Waals surface area contributed by atoms with Gasteiger partial charge in [0.25, 0.3) is 0 Å². The maximum Gasteiger partial charge on any atom is 0.124 e. The number of hydrogen-bond donors (Lipinski definition) is 1. The first-order valence-electron chi connectivity index (χ1n) is 7.63. The second kappa shape index (κ2) is 5.71. The molecule has 4 heteroatoms. The Kier molecular flexibility index (Phi) is 3.56. The molecule has 1 aromatic heterocycles. The smallest absolute Gasteiger partial charge is 0.124 e. The molecule has 0 bridgehead atoms. The van der Waals surface area contributed by atoms with Gasteiger partial charge in [0.15, 0.2) is 0 Å². The van der Waals surface area contributed by atoms with Crippen molar-refractivity contribution in [2.45, 2.75) is 19.4 Å². The van der Waals surface area contributed by atoms with E-state index in [1.807, 2.05) is 6.07 Å². The zero-order chi connectivity index (χ0) is 14.9. The summed E-state index contributed by atoms with van der Waals surface area (Å²) >= 11 is 1.72. The number of aryl methyl sites for hydroxylation is 1. The van der Waals surface area contributed by atoms with Crippen LogP contribution in [0.4, 0.5) is 0 Å². The van der Waals surface area contributed by atoms with E-state index in [1.165, 1.54) is 15.8 Å². The molecule has 1 aliphatic rings. The van der Waals surface area contributed by atoms with Crippen LogP contribution >= 0.6 is 11.3 Å². The number of fused-ring (bicyclic) bond motifs is 1. The number of nitrogens with one attached hydrogen (secondary N) is 1. The van der Waals surface area contributed by atoms with Crippen molar-refractivity contribution in [1.29, 1.82) is 0 Å². The van der Waals surface area contributed by atoms with E-state index in [4.69, 9.17) is 9.72 Å². The molecule has 2 aromatic carbocycles. The van der Waals surface area contributed by atoms with Crippen LogP contribution in [-0.4, -0.2) is 24.2 Å². The highest BCUT2D eigenvalue weighted by Gasteiger charge is 2.16. The molecule has 3 nitrogen and oxygen atoms in total. The third-order valence-corrected chi connectivity index (χ3v) is 5.04. The van der Waals surface area contributed by atoms with E-state index < -0.39 is 0 Å². The number of aromatic nitrogens is 1. The van der Waals surface area contributed by atoms with Gasteiger partial charge in [0.1, 0.15) is 16.9 Å². The Morgan fingerprint density at radius 1 is 1.18 bits per heavy atom. The largest absolute Gasteiger partial charge is 0.489 e. The van der Waals surface area contributed by atoms with Gasteiger partial charge in [-0.15, -0.1) is 11.3 Å². The highest BCUT2D eigenvalue weighted by Crippen LogP contribution is 2.32. The van der Waals surface area contributed by atoms with Gasteiger partial charge in [0, 0.05) is 12.1 Å². The number of ether oxygens (including phenoxy) is 1. The Labute approximate surface area is 134 Å². The van der Waals surface area contributed by atoms with E-state index in [2.05, 4.69) is 48.6 Å². The van der Waals surface area contributed by atoms with Gasteiger partial charge in [-0.1, -0.05) is 29.8 Å². The van der Waals surface area contributed by atoms with Crippen LogP contribution in [0.1, 0.15) is 12.0 Å². The van der Waals surface area contributed by atoms with Crippen LogP contribution in [0.5, 0.6) is 5.75 Å². The van der Waals surface area contributed by atoms with Crippen LogP contribution < -0.4 is 10.1 Å². The maximum absolute atomic E-state index is 6.03. The Bertz CT molecular complexity index is 788. The highest BCUT2D eigenvalue weighted by molar-refractivity contribution is 7.21. The average Bonchev–Trinajstić information content (AvgIpc) is 3.17. The molecule has 2 heterocycles. The molecule has 1 unspecified atom stereocenters. The van der Waals surface area contributed by atoms with Gasteiger partial charge in [0.2, 0.25) is 0 Å². The minimum atomic E-state index is 0.293. The van der Waals surface area contributed by atoms with Crippen LogP contribution in [0.25, 0.3) is 20.8 Å². The van der Waals surface area contributed by atoms with Crippen LogP contribution in [-0.2, 0) is 0 Å². The summed E-state index contributed by atoms with van der Waals surface area (Å²) in [4.78, 5) is 4.74. The van der Waals surface area contributed by atoms with Crippen molar-refractivity contribution in [1.82, 2.24) is 10.3 Å². The number of hydrogen-bond acceptors (Lipinski definition) is 4. The Hall–Kier alpha value is -1.91. The summed E-state index contributed by atoms with van der Waals surface area (Å²) in [6, 6.07) is 14.7. The van der Waals surface area contributed by atoms with Crippen molar-refractivity contribution in [3.05, 3.63) is 48.0 Å². The molecule has 0 spiro atoms. The number of thiazole rings is 1. The monoisotopic (exact) mass is 310 g/mol. The first kappa shape index (κ1) is 13.7. The zero-order valence-corrected chi connectivity index (χ0v) is 13.3. The fraction of sp³-hybridized carbons (Fsp3) is 0.278. The van der Waals surface area contributed by atoms with E-state index in [0.29, 0.717) is 6.10 Å². The summed E-state index contributed by atoms with van der Waals surface area (Å²) in [5.74, 6) is 0.945. The minimum absolute atomic E-state index is 0.293. The maximum atomic E-state index is 6.03. The Balaban J connectivity index is 1.64. The standard InChI is InChI=1S/C18H18N2OS/c1-12-2-4-13(5-3-12)18-20-16-7-6-14(10-17(16)22-18)21-15-8-9-19-11-15/h2-7,10,15,19H,8-9,11H2,1H3. The first-order chi connectivity index (χ1) is 10.8. The lowest BCUT2D eigenvalue weighted by atomic mass is 10.2. The van der Waals surface area contributed by atoms with Crippen LogP contribution in [0.3, 0.4) is 0 Å². The molecule has 1 N–H and O–H groups in total. The lowest BCUT2D eigenvalue weighted by molar-refractivity contribution is 0.223. The van der Waals surface area contributed by atoms with Gasteiger partial charge in [0.05, 0.1) is 10.2 Å². The molecule has 1 fully saturated rings. The van der Waals surface area contributed by atoms with Crippen LogP contribution in [0, 0.1) is 6.92 Å². The molecular formula is C18H18N2OS. The molecule has 3 aromatic rings. The summed E-state index contributed by atoms with van der Waals surface area (Å²) in [5, 5.41) is 4.39. The van der Waals surface area contributed by atoms with Crippen molar-refractivity contribution in [2.24, 2.45) is 0 Å². The van der Waals surface area contributed by atoms with Crippen molar-refractivity contribution >= 4 is 21.6 Å². The molecule has 4 rings (SSSR count). The molecule has 22 heavy (non-hydrogen) atoms. The second-order valence-electron chi connectivity index (χ2n) is 5.75. The molecule has 1 saturated heterocycles. The molecule has 0 amide bonds. The second-order valence-corrected chi connectivity index (χ2v) is 6.78. The lowest BCUT2D eigenvalue weighted by Crippen LogP contribution is -2.19. The van der Waals surface area contributed by atoms with Crippen molar-refractivity contribution in [3.8, 4) is 16.3 Å². The fourth-order valence-corrected chi connectivity index (χ4v) is 3.72. The topological polar surface area (TPSA) is 34.1 Å². The lowest BCUT2D eigenvalue weighted by Gasteiger charge is -2.11. The predicted octanol–water partition coefficient (Wildman–Crippen LogP) is 4.01. The number of rotatable bonds is 3. The molecule has 0 aliphatic carbocycles. The number of nitrogens with zero attached hydrogens (tertiary/aromatic N) is 1. The predicted molar refractivity (Wildman–Crippen MR) is 91.7 cm³/mol. The van der Waals surface area contributed by atoms with E-state index in [9.17, 15) is 0 Å². The van der Waals surface area contributed by atoms with Gasteiger partial charge in [-0.25, -0.2) is 4.98 Å². The van der Waals surface area contributed by atoms with Gasteiger partial charge in [-0.05, 0) is 38.1 Å². The fourth-order valence-electron chi connectivity index (χ4n) is 2.72. The normalized spacial score (nSPS) is 18.0. The van der Waals surface area contributed by atoms with Gasteiger partial charge in [-0.3, -0.25) is 0 Å². The van der Waals surface area contributed by atoms with E-state index in [1.54, 1.807) is 11.3 Å². The molecule has 0 radical (unpaired) electrons. The van der Waals surface area contributed by atoms with Crippen LogP contribution in [0.2, 0.25) is 0 Å². The Morgan fingerprint density at radius 2 is 2.05 bits per heavy atom. The third-order valence-electron chi connectivity index (χ3n) is 3.98. The molecule has 1 aliphatic heterocycles. The molecule has 112 valence electrons. The minimum Gasteiger partial charge on any atom is -0.489 e. The van der Waals surface area contributed by atoms with E-state index in [-0.39, 0.29) is 0 Å². The quantitative estimate of drug-likeness (QED) is 0.793.